The third-order valence-electron chi connectivity index (χ3n) is 3.50. The highest BCUT2D eigenvalue weighted by atomic mass is 16.6. The van der Waals surface area contributed by atoms with Crippen molar-refractivity contribution < 1.29 is 14.3 Å². The molecule has 1 aliphatic rings. The summed E-state index contributed by atoms with van der Waals surface area (Å²) in [5, 5.41) is 3.30. The molecule has 0 radical (unpaired) electrons. The second kappa shape index (κ2) is 6.06. The van der Waals surface area contributed by atoms with Crippen LogP contribution in [0.1, 0.15) is 37.4 Å². The Morgan fingerprint density at radius 1 is 1.53 bits per heavy atom. The van der Waals surface area contributed by atoms with Gasteiger partial charge in [-0.15, -0.1) is 0 Å². The van der Waals surface area contributed by atoms with Crippen molar-refractivity contribution in [2.24, 2.45) is 0 Å². The fourth-order valence-electron chi connectivity index (χ4n) is 2.53. The largest absolute Gasteiger partial charge is 0.479 e. The molecule has 1 aliphatic carbocycles. The van der Waals surface area contributed by atoms with Crippen molar-refractivity contribution >= 4 is 5.97 Å². The summed E-state index contributed by atoms with van der Waals surface area (Å²) < 4.78 is 10.7. The van der Waals surface area contributed by atoms with Crippen molar-refractivity contribution in [3.63, 3.8) is 0 Å². The number of rotatable bonds is 5. The standard InChI is InChI=1S/C15H21NO3/c1-4-18-15(17)10(2)19-14-7-5-6-11-12(14)8-9-13(11)16-3/h5-7,10,13,16H,4,8-9H2,1-3H3. The van der Waals surface area contributed by atoms with Crippen molar-refractivity contribution in [1.82, 2.24) is 5.32 Å². The number of carbonyl (C=O) groups is 1. The average molecular weight is 263 g/mol. The van der Waals surface area contributed by atoms with Gasteiger partial charge in [0.15, 0.2) is 6.10 Å². The molecular weight excluding hydrogens is 242 g/mol. The normalized spacial score (nSPS) is 18.8. The topological polar surface area (TPSA) is 47.6 Å². The van der Waals surface area contributed by atoms with E-state index in [0.717, 1.165) is 18.6 Å². The maximum atomic E-state index is 11.6. The molecule has 0 aliphatic heterocycles. The van der Waals surface area contributed by atoms with E-state index in [1.807, 2.05) is 19.2 Å². The highest BCUT2D eigenvalue weighted by Gasteiger charge is 2.25. The molecule has 0 heterocycles. The third-order valence-corrected chi connectivity index (χ3v) is 3.50. The Bertz CT molecular complexity index is 459. The van der Waals surface area contributed by atoms with Crippen LogP contribution in [0.25, 0.3) is 0 Å². The number of esters is 1. The number of ether oxygens (including phenoxy) is 2. The van der Waals surface area contributed by atoms with Gasteiger partial charge in [-0.05, 0) is 50.9 Å². The third kappa shape index (κ3) is 2.89. The monoisotopic (exact) mass is 263 g/mol. The minimum absolute atomic E-state index is 0.316. The molecule has 4 heteroatoms. The molecule has 0 amide bonds. The fraction of sp³-hybridized carbons (Fsp3) is 0.533. The van der Waals surface area contributed by atoms with Crippen LogP contribution < -0.4 is 10.1 Å². The predicted octanol–water partition coefficient (Wildman–Crippen LogP) is 2.22. The Labute approximate surface area is 114 Å². The molecule has 0 saturated carbocycles. The van der Waals surface area contributed by atoms with Gasteiger partial charge >= 0.3 is 5.97 Å². The predicted molar refractivity (Wildman–Crippen MR) is 73.3 cm³/mol. The van der Waals surface area contributed by atoms with Crippen LogP contribution in [-0.4, -0.2) is 25.7 Å². The molecule has 4 nitrogen and oxygen atoms in total. The lowest BCUT2D eigenvalue weighted by Crippen LogP contribution is -2.26. The summed E-state index contributed by atoms with van der Waals surface area (Å²) in [6, 6.07) is 6.40. The Hall–Kier alpha value is -1.55. The molecule has 0 aromatic heterocycles. The van der Waals surface area contributed by atoms with Gasteiger partial charge in [0.1, 0.15) is 5.75 Å². The van der Waals surface area contributed by atoms with Crippen LogP contribution in [0.4, 0.5) is 0 Å². The van der Waals surface area contributed by atoms with Crippen molar-refractivity contribution in [2.75, 3.05) is 13.7 Å². The minimum Gasteiger partial charge on any atom is -0.479 e. The zero-order valence-corrected chi connectivity index (χ0v) is 11.7. The zero-order chi connectivity index (χ0) is 13.8. The van der Waals surface area contributed by atoms with Crippen LogP contribution in [-0.2, 0) is 16.0 Å². The Balaban J connectivity index is 2.14. The molecule has 2 atom stereocenters. The van der Waals surface area contributed by atoms with Gasteiger partial charge in [-0.2, -0.15) is 0 Å². The van der Waals surface area contributed by atoms with Crippen molar-refractivity contribution in [3.8, 4) is 5.75 Å². The van der Waals surface area contributed by atoms with Crippen molar-refractivity contribution in [1.29, 1.82) is 0 Å². The number of carbonyl (C=O) groups excluding carboxylic acids is 1. The van der Waals surface area contributed by atoms with E-state index in [2.05, 4.69) is 11.4 Å². The van der Waals surface area contributed by atoms with Crippen LogP contribution in [0.3, 0.4) is 0 Å². The maximum absolute atomic E-state index is 11.6. The van der Waals surface area contributed by atoms with E-state index in [1.165, 1.54) is 11.1 Å². The molecule has 0 fully saturated rings. The first-order chi connectivity index (χ1) is 9.17. The number of nitrogens with one attached hydrogen (secondary N) is 1. The van der Waals surface area contributed by atoms with Crippen molar-refractivity contribution in [3.05, 3.63) is 29.3 Å². The molecule has 2 unspecified atom stereocenters. The first-order valence-corrected chi connectivity index (χ1v) is 6.79. The average Bonchev–Trinajstić information content (AvgIpc) is 2.83. The summed E-state index contributed by atoms with van der Waals surface area (Å²) in [6.45, 7) is 3.89. The van der Waals surface area contributed by atoms with Gasteiger partial charge in [0.25, 0.3) is 0 Å². The van der Waals surface area contributed by atoms with E-state index in [-0.39, 0.29) is 5.97 Å². The second-order valence-corrected chi connectivity index (χ2v) is 4.72. The van der Waals surface area contributed by atoms with Gasteiger partial charge < -0.3 is 14.8 Å². The van der Waals surface area contributed by atoms with E-state index in [9.17, 15) is 4.79 Å². The van der Waals surface area contributed by atoms with Crippen LogP contribution in [0.15, 0.2) is 18.2 Å². The molecule has 2 rings (SSSR count). The van der Waals surface area contributed by atoms with Crippen LogP contribution >= 0.6 is 0 Å². The Morgan fingerprint density at radius 2 is 2.32 bits per heavy atom. The van der Waals surface area contributed by atoms with Crippen LogP contribution in [0.5, 0.6) is 5.75 Å². The molecule has 1 aromatic rings. The minimum atomic E-state index is -0.569. The molecular formula is C15H21NO3. The number of hydrogen-bond donors (Lipinski definition) is 1. The number of fused-ring (bicyclic) bond motifs is 1. The molecule has 1 N–H and O–H groups in total. The SMILES string of the molecule is CCOC(=O)C(C)Oc1cccc2c1CCC2NC. The lowest BCUT2D eigenvalue weighted by atomic mass is 10.1. The first-order valence-electron chi connectivity index (χ1n) is 6.79. The molecule has 0 spiro atoms. The number of hydrogen-bond acceptors (Lipinski definition) is 4. The van der Waals surface area contributed by atoms with Gasteiger partial charge in [-0.25, -0.2) is 4.79 Å². The summed E-state index contributed by atoms with van der Waals surface area (Å²) in [4.78, 5) is 11.6. The smallest absolute Gasteiger partial charge is 0.347 e. The Morgan fingerprint density at radius 3 is 3.00 bits per heavy atom. The van der Waals surface area contributed by atoms with Gasteiger partial charge in [-0.3, -0.25) is 0 Å². The molecule has 104 valence electrons. The Kier molecular flexibility index (Phi) is 4.43. The summed E-state index contributed by atoms with van der Waals surface area (Å²) in [7, 11) is 1.97. The van der Waals surface area contributed by atoms with E-state index >= 15 is 0 Å². The van der Waals surface area contributed by atoms with E-state index in [0.29, 0.717) is 12.6 Å². The lowest BCUT2D eigenvalue weighted by Gasteiger charge is -2.16. The molecule has 0 saturated heterocycles. The zero-order valence-electron chi connectivity index (χ0n) is 11.7. The van der Waals surface area contributed by atoms with Crippen LogP contribution in [0, 0.1) is 0 Å². The lowest BCUT2D eigenvalue weighted by molar-refractivity contribution is -0.150. The second-order valence-electron chi connectivity index (χ2n) is 4.72. The summed E-state index contributed by atoms with van der Waals surface area (Å²) in [5.74, 6) is 0.485. The van der Waals surface area contributed by atoms with Gasteiger partial charge in [0.05, 0.1) is 6.61 Å². The fourth-order valence-corrected chi connectivity index (χ4v) is 2.53. The van der Waals surface area contributed by atoms with Gasteiger partial charge in [0.2, 0.25) is 0 Å². The summed E-state index contributed by atoms with van der Waals surface area (Å²) >= 11 is 0. The summed E-state index contributed by atoms with van der Waals surface area (Å²) in [5.41, 5.74) is 2.48. The first kappa shape index (κ1) is 13.9. The highest BCUT2D eigenvalue weighted by Crippen LogP contribution is 2.37. The van der Waals surface area contributed by atoms with Gasteiger partial charge in [-0.1, -0.05) is 12.1 Å². The highest BCUT2D eigenvalue weighted by molar-refractivity contribution is 5.74. The molecule has 1 aromatic carbocycles. The molecule has 0 bridgehead atoms. The van der Waals surface area contributed by atoms with E-state index in [4.69, 9.17) is 9.47 Å². The van der Waals surface area contributed by atoms with E-state index < -0.39 is 6.10 Å². The quantitative estimate of drug-likeness (QED) is 0.828. The maximum Gasteiger partial charge on any atom is 0.347 e. The van der Waals surface area contributed by atoms with E-state index in [1.54, 1.807) is 13.8 Å². The van der Waals surface area contributed by atoms with Crippen molar-refractivity contribution in [2.45, 2.75) is 38.8 Å². The number of benzene rings is 1. The van der Waals surface area contributed by atoms with Crippen LogP contribution in [0.2, 0.25) is 0 Å². The summed E-state index contributed by atoms with van der Waals surface area (Å²) in [6.07, 6.45) is 1.48. The van der Waals surface area contributed by atoms with Gasteiger partial charge in [0, 0.05) is 6.04 Å². The molecule has 19 heavy (non-hydrogen) atoms.